The van der Waals surface area contributed by atoms with E-state index in [1.165, 1.54) is 16.8 Å². The zero-order valence-electron chi connectivity index (χ0n) is 15.8. The third kappa shape index (κ3) is 4.33. The Labute approximate surface area is 189 Å². The fourth-order valence-corrected chi connectivity index (χ4v) is 4.99. The van der Waals surface area contributed by atoms with E-state index >= 15 is 0 Å². The Balaban J connectivity index is 1.68. The van der Waals surface area contributed by atoms with Gasteiger partial charge in [-0.3, -0.25) is 9.78 Å². The summed E-state index contributed by atoms with van der Waals surface area (Å²) in [5.41, 5.74) is -2.45. The van der Waals surface area contributed by atoms with E-state index < -0.39 is 29.1 Å². The van der Waals surface area contributed by atoms with Gasteiger partial charge in [-0.25, -0.2) is 18.4 Å². The first-order valence-corrected chi connectivity index (χ1v) is 10.9. The van der Waals surface area contributed by atoms with Crippen LogP contribution in [-0.2, 0) is 6.42 Å². The molecule has 1 saturated carbocycles. The van der Waals surface area contributed by atoms with E-state index in [2.05, 4.69) is 42.1 Å². The minimum atomic E-state index is -3.14. The number of hydrogen-bond acceptors (Lipinski definition) is 6. The van der Waals surface area contributed by atoms with Gasteiger partial charge in [-0.2, -0.15) is 14.5 Å². The van der Waals surface area contributed by atoms with Gasteiger partial charge < -0.3 is 4.42 Å². The maximum absolute atomic E-state index is 13.0. The first-order valence-electron chi connectivity index (χ1n) is 9.33. The Morgan fingerprint density at radius 1 is 1.13 bits per heavy atom. The summed E-state index contributed by atoms with van der Waals surface area (Å²) in [4.78, 5) is 37.6. The predicted molar refractivity (Wildman–Crippen MR) is 112 cm³/mol. The van der Waals surface area contributed by atoms with Crippen molar-refractivity contribution >= 4 is 31.9 Å². The molecule has 2 aromatic heterocycles. The zero-order valence-corrected chi connectivity index (χ0v) is 19.0. The van der Waals surface area contributed by atoms with Crippen LogP contribution in [0.3, 0.4) is 0 Å². The van der Waals surface area contributed by atoms with Gasteiger partial charge in [-0.1, -0.05) is 44.7 Å². The molecule has 0 amide bonds. The second-order valence-corrected chi connectivity index (χ2v) is 8.77. The van der Waals surface area contributed by atoms with Crippen LogP contribution >= 0.6 is 31.9 Å². The molecule has 1 N–H and O–H groups in total. The van der Waals surface area contributed by atoms with Crippen molar-refractivity contribution < 1.29 is 13.2 Å². The molecule has 3 aromatic rings. The van der Waals surface area contributed by atoms with Crippen molar-refractivity contribution in [3.63, 3.8) is 0 Å². The Morgan fingerprint density at radius 2 is 1.77 bits per heavy atom. The largest absolute Gasteiger partial charge is 0.437 e. The molecule has 31 heavy (non-hydrogen) atoms. The number of nitrogens with zero attached hydrogens (tertiary/aromatic N) is 4. The van der Waals surface area contributed by atoms with E-state index in [4.69, 9.17) is 4.42 Å². The molecule has 2 heterocycles. The van der Waals surface area contributed by atoms with Crippen LogP contribution in [0.25, 0.3) is 5.69 Å². The maximum atomic E-state index is 13.0. The molecular weight excluding hydrogens is 548 g/mol. The highest BCUT2D eigenvalue weighted by molar-refractivity contribution is 9.11. The van der Waals surface area contributed by atoms with E-state index in [9.17, 15) is 23.2 Å². The molecule has 164 valence electrons. The normalized spacial score (nSPS) is 14.6. The topological polar surface area (TPSA) is 116 Å². The van der Waals surface area contributed by atoms with Crippen LogP contribution in [0.15, 0.2) is 39.9 Å². The molecule has 0 saturated heterocycles. The molecule has 0 spiro atoms. The van der Waals surface area contributed by atoms with Gasteiger partial charge in [0.1, 0.15) is 0 Å². The second-order valence-electron chi connectivity index (χ2n) is 7.07. The van der Waals surface area contributed by atoms with E-state index in [0.717, 1.165) is 25.7 Å². The lowest BCUT2D eigenvalue weighted by Crippen LogP contribution is -2.34. The Morgan fingerprint density at radius 3 is 2.39 bits per heavy atom. The van der Waals surface area contributed by atoms with E-state index in [0.29, 0.717) is 19.2 Å². The molecular formula is C18H15Br2F2N5O4. The average molecular weight is 563 g/mol. The summed E-state index contributed by atoms with van der Waals surface area (Å²) in [5.74, 6) is -0.278. The Kier molecular flexibility index (Phi) is 6.06. The summed E-state index contributed by atoms with van der Waals surface area (Å²) in [6.07, 6.45) is 0.893. The van der Waals surface area contributed by atoms with Gasteiger partial charge in [0.25, 0.3) is 12.0 Å². The van der Waals surface area contributed by atoms with Crippen LogP contribution in [0.4, 0.5) is 8.78 Å². The zero-order chi connectivity index (χ0) is 22.3. The molecule has 1 aliphatic carbocycles. The van der Waals surface area contributed by atoms with Gasteiger partial charge >= 0.3 is 11.4 Å². The number of rotatable bonds is 5. The van der Waals surface area contributed by atoms with Gasteiger partial charge in [-0.15, -0.1) is 5.10 Å². The fraction of sp³-hybridized carbons (Fsp3) is 0.389. The minimum absolute atomic E-state index is 0.0430. The average Bonchev–Trinajstić information content (AvgIpc) is 3.33. The van der Waals surface area contributed by atoms with Crippen LogP contribution in [0.1, 0.15) is 55.3 Å². The summed E-state index contributed by atoms with van der Waals surface area (Å²) < 4.78 is 34.4. The molecule has 1 aliphatic rings. The van der Waals surface area contributed by atoms with Crippen LogP contribution in [0, 0.1) is 0 Å². The number of halogens is 4. The highest BCUT2D eigenvalue weighted by Gasteiger charge is 2.23. The second kappa shape index (κ2) is 8.61. The number of H-pyrrole nitrogens is 1. The monoisotopic (exact) mass is 561 g/mol. The van der Waals surface area contributed by atoms with Crippen molar-refractivity contribution in [2.24, 2.45) is 0 Å². The van der Waals surface area contributed by atoms with Crippen molar-refractivity contribution in [2.45, 2.75) is 44.6 Å². The van der Waals surface area contributed by atoms with Crippen LogP contribution in [0.2, 0.25) is 0 Å². The molecule has 4 rings (SSSR count). The highest BCUT2D eigenvalue weighted by Crippen LogP contribution is 2.31. The third-order valence-corrected chi connectivity index (χ3v) is 6.46. The van der Waals surface area contributed by atoms with Crippen LogP contribution in [-0.4, -0.2) is 24.5 Å². The third-order valence-electron chi connectivity index (χ3n) is 5.04. The number of aromatic nitrogens is 5. The molecule has 0 atom stereocenters. The lowest BCUT2D eigenvalue weighted by atomic mass is 10.1. The van der Waals surface area contributed by atoms with Crippen molar-refractivity contribution in [1.82, 2.24) is 24.5 Å². The Hall–Kier alpha value is -2.41. The number of alkyl halides is 2. The van der Waals surface area contributed by atoms with E-state index in [1.807, 2.05) is 4.98 Å². The molecule has 1 fully saturated rings. The van der Waals surface area contributed by atoms with Gasteiger partial charge in [0.2, 0.25) is 5.89 Å². The smallest absolute Gasteiger partial charge is 0.392 e. The molecule has 0 unspecified atom stereocenters. The molecule has 0 radical (unpaired) electrons. The first kappa shape index (κ1) is 21.8. The van der Waals surface area contributed by atoms with E-state index in [1.54, 1.807) is 0 Å². The lowest BCUT2D eigenvalue weighted by Gasteiger charge is -2.11. The van der Waals surface area contributed by atoms with Crippen molar-refractivity contribution in [3.8, 4) is 5.69 Å². The molecule has 1 aromatic carbocycles. The highest BCUT2D eigenvalue weighted by atomic mass is 79.9. The molecule has 13 heteroatoms. The maximum Gasteiger partial charge on any atom is 0.437 e. The first-order chi connectivity index (χ1) is 14.7. The predicted octanol–water partition coefficient (Wildman–Crippen LogP) is 3.24. The summed E-state index contributed by atoms with van der Waals surface area (Å²) in [6, 6.07) is 3.00. The number of nitrogens with one attached hydrogen (secondary N) is 1. The number of benzene rings is 1. The summed E-state index contributed by atoms with van der Waals surface area (Å²) in [6.45, 7) is 0. The van der Waals surface area contributed by atoms with Crippen LogP contribution < -0.4 is 17.0 Å². The minimum Gasteiger partial charge on any atom is -0.392 e. The Bertz CT molecular complexity index is 1280. The summed E-state index contributed by atoms with van der Waals surface area (Å²) in [5, 5.41) is 7.80. The van der Waals surface area contributed by atoms with Gasteiger partial charge in [0.15, 0.2) is 5.69 Å². The lowest BCUT2D eigenvalue weighted by molar-refractivity contribution is 0.141. The number of hydrogen-bond donors (Lipinski definition) is 1. The molecule has 0 aliphatic heterocycles. The van der Waals surface area contributed by atoms with E-state index in [-0.39, 0.29) is 24.0 Å². The van der Waals surface area contributed by atoms with Gasteiger partial charge in [0.05, 0.1) is 18.2 Å². The van der Waals surface area contributed by atoms with Crippen LogP contribution in [0.5, 0.6) is 0 Å². The number of aromatic amines is 1. The van der Waals surface area contributed by atoms with Gasteiger partial charge in [-0.05, 0) is 30.5 Å². The molecule has 0 bridgehead atoms. The van der Waals surface area contributed by atoms with Gasteiger partial charge in [0, 0.05) is 8.95 Å². The fourth-order valence-electron chi connectivity index (χ4n) is 3.54. The SMILES string of the molecule is O=c1[nH]c(=O)n(-c2cc(Br)c(Cc3nn(C4CCCC4)c(=O)o3)c(Br)c2)nc1C(F)F. The standard InChI is InChI=1S/C18H15Br2F2N5O4/c19-11-5-9(26-17(29)23-16(28)14(25-26)15(21)22)6-12(20)10(11)7-13-24-27(18(30)31-13)8-3-1-2-4-8/h5-6,8,15H,1-4,7H2,(H,23,28,29). The molecule has 9 nitrogen and oxygen atoms in total. The van der Waals surface area contributed by atoms with Crippen molar-refractivity contribution in [1.29, 1.82) is 0 Å². The quantitative estimate of drug-likeness (QED) is 0.510. The summed E-state index contributed by atoms with van der Waals surface area (Å²) in [7, 11) is 0. The van der Waals surface area contributed by atoms with Crippen molar-refractivity contribution in [3.05, 3.63) is 69.6 Å². The van der Waals surface area contributed by atoms with Crippen molar-refractivity contribution in [2.75, 3.05) is 0 Å². The summed E-state index contributed by atoms with van der Waals surface area (Å²) >= 11 is 6.77.